The highest BCUT2D eigenvalue weighted by Crippen LogP contribution is 2.25. The molecule has 32 heavy (non-hydrogen) atoms. The highest BCUT2D eigenvalue weighted by Gasteiger charge is 2.28. The van der Waals surface area contributed by atoms with E-state index in [0.717, 1.165) is 19.5 Å². The number of likely N-dealkylation sites (N-methyl/N-ethyl adjacent to an activating group) is 1. The van der Waals surface area contributed by atoms with Gasteiger partial charge in [0.1, 0.15) is 17.5 Å². The van der Waals surface area contributed by atoms with Gasteiger partial charge in [-0.05, 0) is 13.0 Å². The first-order chi connectivity index (χ1) is 15.5. The first kappa shape index (κ1) is 21.8. The van der Waals surface area contributed by atoms with Gasteiger partial charge in [0, 0.05) is 36.4 Å². The van der Waals surface area contributed by atoms with Gasteiger partial charge in [-0.2, -0.15) is 9.78 Å². The summed E-state index contributed by atoms with van der Waals surface area (Å²) < 4.78 is 11.9. The summed E-state index contributed by atoms with van der Waals surface area (Å²) in [6, 6.07) is 12.6. The number of nitrogens with zero attached hydrogens (tertiary/aromatic N) is 2. The molecule has 2 N–H and O–H groups in total. The van der Waals surface area contributed by atoms with Crippen LogP contribution in [0, 0.1) is 0 Å². The van der Waals surface area contributed by atoms with Crippen molar-refractivity contribution in [2.45, 2.75) is 25.8 Å². The summed E-state index contributed by atoms with van der Waals surface area (Å²) in [6.45, 7) is 4.94. The Labute approximate surface area is 186 Å². The third kappa shape index (κ3) is 4.18. The van der Waals surface area contributed by atoms with Crippen molar-refractivity contribution < 1.29 is 19.2 Å². The molecule has 1 aromatic heterocycles. The van der Waals surface area contributed by atoms with E-state index in [-0.39, 0.29) is 17.2 Å². The van der Waals surface area contributed by atoms with Crippen LogP contribution in [0.2, 0.25) is 0 Å². The maximum Gasteiger partial charge on any atom is 0.279 e. The second-order valence-corrected chi connectivity index (χ2v) is 7.99. The molecule has 3 aromatic rings. The molecule has 8 heteroatoms. The highest BCUT2D eigenvalue weighted by atomic mass is 16.5. The molecule has 1 fully saturated rings. The van der Waals surface area contributed by atoms with Gasteiger partial charge in [-0.25, -0.2) is 0 Å². The van der Waals surface area contributed by atoms with E-state index < -0.39 is 0 Å². The Balaban J connectivity index is 1.76. The van der Waals surface area contributed by atoms with Crippen molar-refractivity contribution in [3.63, 3.8) is 0 Å². The van der Waals surface area contributed by atoms with Gasteiger partial charge in [0.05, 0.1) is 44.9 Å². The molecule has 4 rings (SSSR count). The molecular weight excluding hydrogens is 408 g/mol. The number of methoxy groups -OCH3 is 2. The number of nitrogens with one attached hydrogen (secondary N) is 2. The number of carbonyl (C=O) groups excluding carboxylic acids is 1. The van der Waals surface area contributed by atoms with Crippen molar-refractivity contribution in [1.29, 1.82) is 0 Å². The van der Waals surface area contributed by atoms with E-state index in [2.05, 4.69) is 17.3 Å². The van der Waals surface area contributed by atoms with E-state index in [4.69, 9.17) is 9.47 Å². The number of rotatable bonds is 7. The van der Waals surface area contributed by atoms with Gasteiger partial charge in [0.15, 0.2) is 5.69 Å². The number of quaternary nitrogens is 1. The number of hydrogen-bond donors (Lipinski definition) is 2. The Bertz CT molecular complexity index is 1170. The monoisotopic (exact) mass is 437 g/mol. The minimum atomic E-state index is -0.315. The number of ether oxygens (including phenoxy) is 2. The van der Waals surface area contributed by atoms with E-state index in [1.165, 1.54) is 16.0 Å². The van der Waals surface area contributed by atoms with Crippen molar-refractivity contribution in [2.24, 2.45) is 0 Å². The van der Waals surface area contributed by atoms with E-state index >= 15 is 0 Å². The van der Waals surface area contributed by atoms with Crippen LogP contribution in [-0.2, 0) is 0 Å². The average Bonchev–Trinajstić information content (AvgIpc) is 3.30. The minimum Gasteiger partial charge on any atom is -0.497 e. The molecule has 1 aliphatic rings. The van der Waals surface area contributed by atoms with Crippen LogP contribution in [0.4, 0.5) is 0 Å². The molecule has 2 aromatic carbocycles. The molecule has 1 aliphatic heterocycles. The topological polar surface area (TPSA) is 86.9 Å². The number of likely N-dealkylation sites (tertiary alicyclic amines) is 1. The Kier molecular flexibility index (Phi) is 6.41. The minimum absolute atomic E-state index is 0.220. The first-order valence-electron chi connectivity index (χ1n) is 10.9. The molecule has 1 amide bonds. The van der Waals surface area contributed by atoms with Gasteiger partial charge >= 0.3 is 0 Å². The average molecular weight is 438 g/mol. The lowest BCUT2D eigenvalue weighted by molar-refractivity contribution is -0.909. The fourth-order valence-electron chi connectivity index (χ4n) is 4.44. The maximum atomic E-state index is 13.2. The predicted molar refractivity (Wildman–Crippen MR) is 122 cm³/mol. The molecule has 0 saturated carbocycles. The van der Waals surface area contributed by atoms with Crippen LogP contribution in [0.1, 0.15) is 30.3 Å². The SMILES string of the molecule is CC[NH+]1CCCC1CNC(=O)c1nn(-c2cc(OC)cc(OC)c2)c(=O)c2ccccc12. The summed E-state index contributed by atoms with van der Waals surface area (Å²) in [7, 11) is 3.08. The lowest BCUT2D eigenvalue weighted by atomic mass is 10.1. The maximum absolute atomic E-state index is 13.2. The van der Waals surface area contributed by atoms with Crippen LogP contribution < -0.4 is 25.2 Å². The third-order valence-corrected chi connectivity index (χ3v) is 6.19. The number of carbonyl (C=O) groups is 1. The Morgan fingerprint density at radius 1 is 1.16 bits per heavy atom. The summed E-state index contributed by atoms with van der Waals surface area (Å²) in [4.78, 5) is 28.0. The van der Waals surface area contributed by atoms with Crippen LogP contribution in [0.15, 0.2) is 47.3 Å². The van der Waals surface area contributed by atoms with Crippen LogP contribution in [0.3, 0.4) is 0 Å². The quantitative estimate of drug-likeness (QED) is 0.580. The molecule has 8 nitrogen and oxygen atoms in total. The van der Waals surface area contributed by atoms with Crippen molar-refractivity contribution in [3.8, 4) is 17.2 Å². The van der Waals surface area contributed by atoms with Crippen LogP contribution in [-0.4, -0.2) is 55.6 Å². The third-order valence-electron chi connectivity index (χ3n) is 6.19. The van der Waals surface area contributed by atoms with E-state index in [1.807, 2.05) is 0 Å². The van der Waals surface area contributed by atoms with Gasteiger partial charge in [0.2, 0.25) is 0 Å². The second-order valence-electron chi connectivity index (χ2n) is 7.99. The van der Waals surface area contributed by atoms with Crippen molar-refractivity contribution in [2.75, 3.05) is 33.9 Å². The largest absolute Gasteiger partial charge is 0.497 e. The van der Waals surface area contributed by atoms with E-state index in [0.29, 0.717) is 40.5 Å². The molecule has 0 radical (unpaired) electrons. The summed E-state index contributed by atoms with van der Waals surface area (Å²) >= 11 is 0. The number of fused-ring (bicyclic) bond motifs is 1. The smallest absolute Gasteiger partial charge is 0.279 e. The number of hydrogen-bond acceptors (Lipinski definition) is 5. The summed E-state index contributed by atoms with van der Waals surface area (Å²) in [6.07, 6.45) is 2.27. The lowest BCUT2D eigenvalue weighted by Crippen LogP contribution is -3.14. The molecule has 0 aliphatic carbocycles. The fourth-order valence-corrected chi connectivity index (χ4v) is 4.44. The number of benzene rings is 2. The predicted octanol–water partition coefficient (Wildman–Crippen LogP) is 1.20. The zero-order valence-electron chi connectivity index (χ0n) is 18.7. The molecular formula is C24H29N4O4+. The molecule has 0 spiro atoms. The molecule has 1 saturated heterocycles. The first-order valence-corrected chi connectivity index (χ1v) is 10.9. The number of aromatic nitrogens is 2. The molecule has 2 heterocycles. The zero-order chi connectivity index (χ0) is 22.7. The van der Waals surface area contributed by atoms with Gasteiger partial charge in [-0.3, -0.25) is 9.59 Å². The summed E-state index contributed by atoms with van der Waals surface area (Å²) in [5, 5.41) is 8.50. The standard InChI is InChI=1S/C24H28N4O4/c1-4-27-11-7-8-16(27)15-25-23(29)22-20-9-5-6-10-21(20)24(30)28(26-22)17-12-18(31-2)14-19(13-17)32-3/h5-6,9-10,12-14,16H,4,7-8,11,15H2,1-3H3,(H,25,29)/p+1. The fraction of sp³-hybridized carbons (Fsp3) is 0.375. The lowest BCUT2D eigenvalue weighted by Gasteiger charge is -2.20. The van der Waals surface area contributed by atoms with Crippen molar-refractivity contribution in [3.05, 3.63) is 58.5 Å². The summed E-state index contributed by atoms with van der Waals surface area (Å²) in [5.41, 5.74) is 0.367. The van der Waals surface area contributed by atoms with Gasteiger partial charge in [-0.1, -0.05) is 18.2 Å². The van der Waals surface area contributed by atoms with Crippen molar-refractivity contribution >= 4 is 16.7 Å². The summed E-state index contributed by atoms with van der Waals surface area (Å²) in [5.74, 6) is 0.763. The van der Waals surface area contributed by atoms with Crippen LogP contribution in [0.25, 0.3) is 16.5 Å². The van der Waals surface area contributed by atoms with Gasteiger partial charge in [-0.15, -0.1) is 0 Å². The normalized spacial score (nSPS) is 18.0. The van der Waals surface area contributed by atoms with Gasteiger partial charge in [0.25, 0.3) is 11.5 Å². The molecule has 2 unspecified atom stereocenters. The Morgan fingerprint density at radius 3 is 2.50 bits per heavy atom. The van der Waals surface area contributed by atoms with E-state index in [1.54, 1.807) is 56.7 Å². The number of amides is 1. The molecule has 0 bridgehead atoms. The van der Waals surface area contributed by atoms with Crippen LogP contribution in [0.5, 0.6) is 11.5 Å². The second kappa shape index (κ2) is 9.40. The van der Waals surface area contributed by atoms with E-state index in [9.17, 15) is 9.59 Å². The highest BCUT2D eigenvalue weighted by molar-refractivity contribution is 6.04. The van der Waals surface area contributed by atoms with Crippen LogP contribution >= 0.6 is 0 Å². The van der Waals surface area contributed by atoms with Gasteiger partial charge < -0.3 is 19.7 Å². The van der Waals surface area contributed by atoms with Crippen molar-refractivity contribution in [1.82, 2.24) is 15.1 Å². The Morgan fingerprint density at radius 2 is 1.84 bits per heavy atom. The molecule has 168 valence electrons. The molecule has 2 atom stereocenters. The Hall–Kier alpha value is -3.39. The zero-order valence-corrected chi connectivity index (χ0v) is 18.7.